The van der Waals surface area contributed by atoms with E-state index in [4.69, 9.17) is 24.7 Å². The molecule has 2 heterocycles. The summed E-state index contributed by atoms with van der Waals surface area (Å²) in [4.78, 5) is 4.26. The molecular formula is C15H16N2O4. The van der Waals surface area contributed by atoms with Crippen LogP contribution < -0.4 is 24.7 Å². The van der Waals surface area contributed by atoms with E-state index in [0.717, 1.165) is 0 Å². The SMILES string of the molecule is CC(C)Oc1nc(Oc2ccc3c(c2)OCO3)ccc1N. The number of ether oxygens (including phenoxy) is 4. The zero-order chi connectivity index (χ0) is 14.8. The molecule has 0 aliphatic carbocycles. The molecular weight excluding hydrogens is 272 g/mol. The van der Waals surface area contributed by atoms with Gasteiger partial charge in [0.2, 0.25) is 18.6 Å². The first kappa shape index (κ1) is 13.4. The Balaban J connectivity index is 1.81. The summed E-state index contributed by atoms with van der Waals surface area (Å²) in [6, 6.07) is 8.72. The zero-order valence-electron chi connectivity index (χ0n) is 11.8. The van der Waals surface area contributed by atoms with Gasteiger partial charge in [0.05, 0.1) is 11.8 Å². The summed E-state index contributed by atoms with van der Waals surface area (Å²) in [6.07, 6.45) is -0.0133. The smallest absolute Gasteiger partial charge is 0.240 e. The van der Waals surface area contributed by atoms with E-state index in [0.29, 0.717) is 34.7 Å². The highest BCUT2D eigenvalue weighted by Crippen LogP contribution is 2.36. The number of aromatic nitrogens is 1. The fourth-order valence-electron chi connectivity index (χ4n) is 1.87. The highest BCUT2D eigenvalue weighted by molar-refractivity contribution is 5.51. The molecule has 0 fully saturated rings. The summed E-state index contributed by atoms with van der Waals surface area (Å²) in [5.74, 6) is 2.73. The maximum absolute atomic E-state index is 5.83. The van der Waals surface area contributed by atoms with Crippen LogP contribution in [-0.2, 0) is 0 Å². The Bertz CT molecular complexity index is 658. The highest BCUT2D eigenvalue weighted by Gasteiger charge is 2.15. The third-order valence-corrected chi connectivity index (χ3v) is 2.78. The normalized spacial score (nSPS) is 12.5. The first-order chi connectivity index (χ1) is 10.1. The van der Waals surface area contributed by atoms with Gasteiger partial charge in [-0.25, -0.2) is 0 Å². The summed E-state index contributed by atoms with van der Waals surface area (Å²) >= 11 is 0. The van der Waals surface area contributed by atoms with Crippen LogP contribution in [0.2, 0.25) is 0 Å². The molecule has 21 heavy (non-hydrogen) atoms. The summed E-state index contributed by atoms with van der Waals surface area (Å²) in [7, 11) is 0. The van der Waals surface area contributed by atoms with E-state index in [-0.39, 0.29) is 12.9 Å². The molecule has 0 saturated carbocycles. The Hall–Kier alpha value is -2.63. The average molecular weight is 288 g/mol. The minimum Gasteiger partial charge on any atom is -0.473 e. The summed E-state index contributed by atoms with van der Waals surface area (Å²) in [6.45, 7) is 4.05. The van der Waals surface area contributed by atoms with Crippen LogP contribution in [0, 0.1) is 0 Å². The number of nitrogens with zero attached hydrogens (tertiary/aromatic N) is 1. The van der Waals surface area contributed by atoms with E-state index >= 15 is 0 Å². The van der Waals surface area contributed by atoms with Gasteiger partial charge >= 0.3 is 0 Å². The topological polar surface area (TPSA) is 75.8 Å². The predicted molar refractivity (Wildman–Crippen MR) is 77.1 cm³/mol. The largest absolute Gasteiger partial charge is 0.473 e. The van der Waals surface area contributed by atoms with Crippen molar-refractivity contribution in [2.75, 3.05) is 12.5 Å². The second kappa shape index (κ2) is 5.40. The number of hydrogen-bond acceptors (Lipinski definition) is 6. The van der Waals surface area contributed by atoms with Crippen LogP contribution >= 0.6 is 0 Å². The van der Waals surface area contributed by atoms with Crippen molar-refractivity contribution in [2.45, 2.75) is 20.0 Å². The van der Waals surface area contributed by atoms with Crippen molar-refractivity contribution in [1.82, 2.24) is 4.98 Å². The maximum atomic E-state index is 5.83. The minimum absolute atomic E-state index is 0.0133. The number of benzene rings is 1. The molecule has 6 heteroatoms. The summed E-state index contributed by atoms with van der Waals surface area (Å²) in [5.41, 5.74) is 6.30. The van der Waals surface area contributed by atoms with Gasteiger partial charge in [-0.3, -0.25) is 0 Å². The molecule has 110 valence electrons. The first-order valence-electron chi connectivity index (χ1n) is 6.62. The van der Waals surface area contributed by atoms with Crippen molar-refractivity contribution in [3.05, 3.63) is 30.3 Å². The molecule has 1 aliphatic rings. The van der Waals surface area contributed by atoms with Crippen LogP contribution in [0.4, 0.5) is 5.69 Å². The number of pyridine rings is 1. The quantitative estimate of drug-likeness (QED) is 0.932. The molecule has 0 saturated heterocycles. The van der Waals surface area contributed by atoms with Gasteiger partial charge in [-0.2, -0.15) is 4.98 Å². The van der Waals surface area contributed by atoms with E-state index in [2.05, 4.69) is 4.98 Å². The van der Waals surface area contributed by atoms with Gasteiger partial charge < -0.3 is 24.7 Å². The molecule has 3 rings (SSSR count). The van der Waals surface area contributed by atoms with Crippen LogP contribution in [0.1, 0.15) is 13.8 Å². The van der Waals surface area contributed by atoms with Crippen molar-refractivity contribution in [2.24, 2.45) is 0 Å². The molecule has 1 aromatic heterocycles. The molecule has 0 spiro atoms. The van der Waals surface area contributed by atoms with Crippen LogP contribution in [0.15, 0.2) is 30.3 Å². The van der Waals surface area contributed by atoms with Gasteiger partial charge in [0.25, 0.3) is 0 Å². The third-order valence-electron chi connectivity index (χ3n) is 2.78. The van der Waals surface area contributed by atoms with E-state index in [1.807, 2.05) is 13.8 Å². The lowest BCUT2D eigenvalue weighted by molar-refractivity contribution is 0.174. The summed E-state index contributed by atoms with van der Waals surface area (Å²) < 4.78 is 21.8. The number of fused-ring (bicyclic) bond motifs is 1. The van der Waals surface area contributed by atoms with Gasteiger partial charge in [0, 0.05) is 12.1 Å². The van der Waals surface area contributed by atoms with Gasteiger partial charge in [0.15, 0.2) is 11.5 Å². The number of nitrogen functional groups attached to an aromatic ring is 1. The number of nitrogens with two attached hydrogens (primary N) is 1. The molecule has 6 nitrogen and oxygen atoms in total. The van der Waals surface area contributed by atoms with Crippen LogP contribution in [0.5, 0.6) is 29.0 Å². The molecule has 0 bridgehead atoms. The van der Waals surface area contributed by atoms with Crippen molar-refractivity contribution in [3.8, 4) is 29.0 Å². The van der Waals surface area contributed by atoms with Crippen molar-refractivity contribution < 1.29 is 18.9 Å². The van der Waals surface area contributed by atoms with Crippen LogP contribution in [0.25, 0.3) is 0 Å². The molecule has 1 aromatic carbocycles. The van der Waals surface area contributed by atoms with Crippen molar-refractivity contribution >= 4 is 5.69 Å². The van der Waals surface area contributed by atoms with Gasteiger partial charge in [-0.1, -0.05) is 0 Å². The number of anilines is 1. The molecule has 0 amide bonds. The number of hydrogen-bond donors (Lipinski definition) is 1. The lowest BCUT2D eigenvalue weighted by Gasteiger charge is -2.12. The van der Waals surface area contributed by atoms with Crippen molar-refractivity contribution in [1.29, 1.82) is 0 Å². The van der Waals surface area contributed by atoms with E-state index < -0.39 is 0 Å². The predicted octanol–water partition coefficient (Wildman–Crippen LogP) is 2.97. The maximum Gasteiger partial charge on any atom is 0.240 e. The summed E-state index contributed by atoms with van der Waals surface area (Å²) in [5, 5.41) is 0. The highest BCUT2D eigenvalue weighted by atomic mass is 16.7. The zero-order valence-corrected chi connectivity index (χ0v) is 11.8. The Morgan fingerprint density at radius 3 is 2.76 bits per heavy atom. The molecule has 0 atom stereocenters. The van der Waals surface area contributed by atoms with Gasteiger partial charge in [0.1, 0.15) is 5.75 Å². The van der Waals surface area contributed by atoms with E-state index in [9.17, 15) is 0 Å². The fourth-order valence-corrected chi connectivity index (χ4v) is 1.87. The molecule has 0 radical (unpaired) electrons. The van der Waals surface area contributed by atoms with E-state index in [1.165, 1.54) is 0 Å². The second-order valence-corrected chi connectivity index (χ2v) is 4.83. The minimum atomic E-state index is -0.0133. The van der Waals surface area contributed by atoms with Crippen LogP contribution in [-0.4, -0.2) is 17.9 Å². The number of rotatable bonds is 4. The first-order valence-corrected chi connectivity index (χ1v) is 6.62. The molecule has 2 N–H and O–H groups in total. The lowest BCUT2D eigenvalue weighted by atomic mass is 10.3. The third kappa shape index (κ3) is 2.94. The lowest BCUT2D eigenvalue weighted by Crippen LogP contribution is -2.09. The van der Waals surface area contributed by atoms with Crippen molar-refractivity contribution in [3.63, 3.8) is 0 Å². The average Bonchev–Trinajstić information content (AvgIpc) is 2.89. The Kier molecular flexibility index (Phi) is 3.43. The Labute approximate surface area is 122 Å². The molecule has 0 unspecified atom stereocenters. The van der Waals surface area contributed by atoms with Crippen LogP contribution in [0.3, 0.4) is 0 Å². The molecule has 1 aliphatic heterocycles. The Morgan fingerprint density at radius 2 is 1.95 bits per heavy atom. The van der Waals surface area contributed by atoms with Gasteiger partial charge in [-0.15, -0.1) is 0 Å². The standard InChI is InChI=1S/C15H16N2O4/c1-9(2)20-15-11(16)4-6-14(17-15)21-10-3-5-12-13(7-10)19-8-18-12/h3-7,9H,8,16H2,1-2H3. The monoisotopic (exact) mass is 288 g/mol. The molecule has 2 aromatic rings. The Morgan fingerprint density at radius 1 is 1.14 bits per heavy atom. The van der Waals surface area contributed by atoms with E-state index in [1.54, 1.807) is 30.3 Å². The van der Waals surface area contributed by atoms with Gasteiger partial charge in [-0.05, 0) is 32.0 Å². The second-order valence-electron chi connectivity index (χ2n) is 4.83. The fraction of sp³-hybridized carbons (Fsp3) is 0.267.